The van der Waals surface area contributed by atoms with E-state index in [0.717, 1.165) is 11.1 Å². The van der Waals surface area contributed by atoms with E-state index in [4.69, 9.17) is 37.4 Å². The third-order valence-corrected chi connectivity index (χ3v) is 6.69. The lowest BCUT2D eigenvalue weighted by Crippen LogP contribution is -2.18. The van der Waals surface area contributed by atoms with Gasteiger partial charge in [0.2, 0.25) is 0 Å². The molecule has 4 aromatic rings. The molecule has 0 aliphatic rings. The summed E-state index contributed by atoms with van der Waals surface area (Å²) in [5, 5.41) is 5.19. The number of amides is 1. The Balaban J connectivity index is 1.42. The van der Waals surface area contributed by atoms with Gasteiger partial charge in [-0.05, 0) is 57.9 Å². The number of benzene rings is 4. The molecule has 6 nitrogen and oxygen atoms in total. The molecule has 0 spiro atoms. The van der Waals surface area contributed by atoms with E-state index in [1.165, 1.54) is 6.21 Å². The molecule has 0 bridgehead atoms. The lowest BCUT2D eigenvalue weighted by molar-refractivity contribution is 0.0950. The zero-order chi connectivity index (χ0) is 26.9. The summed E-state index contributed by atoms with van der Waals surface area (Å²) in [6.07, 6.45) is 1.51. The van der Waals surface area contributed by atoms with Gasteiger partial charge in [0.05, 0.1) is 18.9 Å². The average molecular weight is 614 g/mol. The Bertz CT molecular complexity index is 1450. The Morgan fingerprint density at radius 3 is 2.39 bits per heavy atom. The molecule has 4 aromatic carbocycles. The first-order chi connectivity index (χ1) is 18.4. The van der Waals surface area contributed by atoms with E-state index in [9.17, 15) is 4.79 Å². The Morgan fingerprint density at radius 2 is 1.63 bits per heavy atom. The molecule has 0 aliphatic heterocycles. The van der Waals surface area contributed by atoms with Crippen LogP contribution in [0.4, 0.5) is 0 Å². The highest BCUT2D eigenvalue weighted by atomic mass is 79.9. The highest BCUT2D eigenvalue weighted by Gasteiger charge is 2.13. The molecule has 4 rings (SSSR count). The number of carbonyl (C=O) groups is 1. The summed E-state index contributed by atoms with van der Waals surface area (Å²) >= 11 is 15.7. The minimum absolute atomic E-state index is 0.230. The number of rotatable bonds is 10. The van der Waals surface area contributed by atoms with Gasteiger partial charge in [-0.15, -0.1) is 0 Å². The van der Waals surface area contributed by atoms with Crippen molar-refractivity contribution >= 4 is 51.3 Å². The highest BCUT2D eigenvalue weighted by molar-refractivity contribution is 9.10. The standard InChI is InChI=1S/C29H23BrCl2N2O4/c1-36-27-13-21(24(30)15-28(27)38-18-20-11-12-22(31)14-25(20)32)16-33-34-29(35)23-9-5-6-10-26(23)37-17-19-7-3-2-4-8-19/h2-16H,17-18H2,1H3,(H,34,35)/b33-16+. The zero-order valence-corrected chi connectivity index (χ0v) is 23.4. The number of hydrazone groups is 1. The lowest BCUT2D eigenvalue weighted by Gasteiger charge is -2.13. The molecule has 38 heavy (non-hydrogen) atoms. The molecule has 0 saturated carbocycles. The second-order valence-corrected chi connectivity index (χ2v) is 9.72. The molecule has 0 heterocycles. The van der Waals surface area contributed by atoms with E-state index in [-0.39, 0.29) is 6.61 Å². The van der Waals surface area contributed by atoms with E-state index >= 15 is 0 Å². The van der Waals surface area contributed by atoms with Crippen LogP contribution in [-0.4, -0.2) is 19.2 Å². The molecule has 0 aliphatic carbocycles. The van der Waals surface area contributed by atoms with Gasteiger partial charge in [0, 0.05) is 25.6 Å². The highest BCUT2D eigenvalue weighted by Crippen LogP contribution is 2.34. The van der Waals surface area contributed by atoms with Crippen molar-refractivity contribution in [3.8, 4) is 17.2 Å². The Morgan fingerprint density at radius 1 is 0.895 bits per heavy atom. The molecule has 0 atom stereocenters. The molecule has 0 saturated heterocycles. The van der Waals surface area contributed by atoms with Crippen molar-refractivity contribution in [3.05, 3.63) is 122 Å². The first-order valence-corrected chi connectivity index (χ1v) is 13.0. The van der Waals surface area contributed by atoms with Crippen LogP contribution in [0.3, 0.4) is 0 Å². The fraction of sp³-hybridized carbons (Fsp3) is 0.103. The van der Waals surface area contributed by atoms with E-state index in [1.54, 1.807) is 55.6 Å². The van der Waals surface area contributed by atoms with Gasteiger partial charge >= 0.3 is 0 Å². The maximum Gasteiger partial charge on any atom is 0.275 e. The van der Waals surface area contributed by atoms with E-state index < -0.39 is 5.91 Å². The van der Waals surface area contributed by atoms with Crippen LogP contribution in [0, 0.1) is 0 Å². The maximum absolute atomic E-state index is 12.8. The van der Waals surface area contributed by atoms with Crippen molar-refractivity contribution in [2.45, 2.75) is 13.2 Å². The number of halogens is 3. The molecule has 1 N–H and O–H groups in total. The number of ether oxygens (including phenoxy) is 3. The predicted octanol–water partition coefficient (Wildman–Crippen LogP) is 7.69. The summed E-state index contributed by atoms with van der Waals surface area (Å²) in [6, 6.07) is 25.5. The van der Waals surface area contributed by atoms with Gasteiger partial charge in [-0.25, -0.2) is 5.43 Å². The SMILES string of the molecule is COc1cc(/C=N/NC(=O)c2ccccc2OCc2ccccc2)c(Br)cc1OCc1ccc(Cl)cc1Cl. The molecular formula is C29H23BrCl2N2O4. The number of hydrogen-bond donors (Lipinski definition) is 1. The van der Waals surface area contributed by atoms with Gasteiger partial charge in [0.15, 0.2) is 11.5 Å². The van der Waals surface area contributed by atoms with E-state index in [2.05, 4.69) is 26.5 Å². The minimum Gasteiger partial charge on any atom is -0.493 e. The van der Waals surface area contributed by atoms with Crippen LogP contribution in [0.1, 0.15) is 27.0 Å². The number of para-hydroxylation sites is 1. The normalized spacial score (nSPS) is 10.8. The van der Waals surface area contributed by atoms with Crippen molar-refractivity contribution < 1.29 is 19.0 Å². The second kappa shape index (κ2) is 13.3. The molecule has 1 amide bonds. The quantitative estimate of drug-likeness (QED) is 0.147. The van der Waals surface area contributed by atoms with E-state index in [0.29, 0.717) is 49.5 Å². The van der Waals surface area contributed by atoms with Crippen LogP contribution in [0.25, 0.3) is 0 Å². The molecule has 0 fully saturated rings. The predicted molar refractivity (Wildman–Crippen MR) is 154 cm³/mol. The van der Waals surface area contributed by atoms with Crippen LogP contribution >= 0.6 is 39.1 Å². The van der Waals surface area contributed by atoms with Gasteiger partial charge in [0.1, 0.15) is 19.0 Å². The monoisotopic (exact) mass is 612 g/mol. The molecule has 0 radical (unpaired) electrons. The van der Waals surface area contributed by atoms with Crippen LogP contribution < -0.4 is 19.6 Å². The van der Waals surface area contributed by atoms with Crippen LogP contribution in [0.5, 0.6) is 17.2 Å². The van der Waals surface area contributed by atoms with Crippen molar-refractivity contribution in [1.29, 1.82) is 0 Å². The Labute approximate surface area is 239 Å². The average Bonchev–Trinajstić information content (AvgIpc) is 2.93. The third kappa shape index (κ3) is 7.28. The van der Waals surface area contributed by atoms with Crippen LogP contribution in [-0.2, 0) is 13.2 Å². The zero-order valence-electron chi connectivity index (χ0n) is 20.3. The topological polar surface area (TPSA) is 69.2 Å². The maximum atomic E-state index is 12.8. The summed E-state index contributed by atoms with van der Waals surface area (Å²) in [7, 11) is 1.54. The van der Waals surface area contributed by atoms with E-state index in [1.807, 2.05) is 36.4 Å². The third-order valence-electron chi connectivity index (χ3n) is 5.42. The molecule has 0 aromatic heterocycles. The largest absolute Gasteiger partial charge is 0.493 e. The van der Waals surface area contributed by atoms with Crippen molar-refractivity contribution in [1.82, 2.24) is 5.43 Å². The van der Waals surface area contributed by atoms with Gasteiger partial charge in [-0.1, -0.05) is 71.7 Å². The summed E-state index contributed by atoms with van der Waals surface area (Å²) in [6.45, 7) is 0.577. The molecule has 0 unspecified atom stereocenters. The first-order valence-electron chi connectivity index (χ1n) is 11.5. The van der Waals surface area contributed by atoms with Crippen molar-refractivity contribution in [2.24, 2.45) is 5.10 Å². The van der Waals surface area contributed by atoms with Crippen LogP contribution in [0.2, 0.25) is 10.0 Å². The van der Waals surface area contributed by atoms with Gasteiger partial charge in [0.25, 0.3) is 5.91 Å². The summed E-state index contributed by atoms with van der Waals surface area (Å²) in [4.78, 5) is 12.8. The Kier molecular flexibility index (Phi) is 9.65. The van der Waals surface area contributed by atoms with Crippen LogP contribution in [0.15, 0.2) is 94.5 Å². The summed E-state index contributed by atoms with van der Waals surface area (Å²) in [5.41, 5.74) is 5.40. The van der Waals surface area contributed by atoms with Gasteiger partial charge < -0.3 is 14.2 Å². The van der Waals surface area contributed by atoms with Gasteiger partial charge in [-0.2, -0.15) is 5.10 Å². The number of carbonyl (C=O) groups excluding carboxylic acids is 1. The number of nitrogens with one attached hydrogen (secondary N) is 1. The Hall–Kier alpha value is -3.52. The smallest absolute Gasteiger partial charge is 0.275 e. The minimum atomic E-state index is -0.396. The molecular weight excluding hydrogens is 591 g/mol. The second-order valence-electron chi connectivity index (χ2n) is 8.02. The summed E-state index contributed by atoms with van der Waals surface area (Å²) < 4.78 is 18.0. The fourth-order valence-corrected chi connectivity index (χ4v) is 4.34. The number of hydrogen-bond acceptors (Lipinski definition) is 5. The number of methoxy groups -OCH3 is 1. The number of nitrogens with zero attached hydrogens (tertiary/aromatic N) is 1. The summed E-state index contributed by atoms with van der Waals surface area (Å²) in [5.74, 6) is 1.07. The first kappa shape index (κ1) is 27.5. The lowest BCUT2D eigenvalue weighted by atomic mass is 10.2. The van der Waals surface area contributed by atoms with Crippen molar-refractivity contribution in [2.75, 3.05) is 7.11 Å². The molecule has 9 heteroatoms. The van der Waals surface area contributed by atoms with Gasteiger partial charge in [-0.3, -0.25) is 4.79 Å². The fourth-order valence-electron chi connectivity index (χ4n) is 3.45. The van der Waals surface area contributed by atoms with Crippen molar-refractivity contribution in [3.63, 3.8) is 0 Å². The molecule has 194 valence electrons.